The number of hydrogen-bond acceptors (Lipinski definition) is 2. The van der Waals surface area contributed by atoms with Gasteiger partial charge in [-0.25, -0.2) is 0 Å². The van der Waals surface area contributed by atoms with Crippen molar-refractivity contribution >= 4 is 16.7 Å². The van der Waals surface area contributed by atoms with E-state index in [1.165, 1.54) is 5.39 Å². The molecule has 3 nitrogen and oxygen atoms in total. The van der Waals surface area contributed by atoms with Gasteiger partial charge in [0.25, 0.3) is 0 Å². The second-order valence-electron chi connectivity index (χ2n) is 6.05. The SMILES string of the molecule is NCC1(NC(=O)Cc2cccc3ccccc23)CCCC1. The van der Waals surface area contributed by atoms with Gasteiger partial charge >= 0.3 is 0 Å². The maximum Gasteiger partial charge on any atom is 0.224 e. The average Bonchev–Trinajstić information content (AvgIpc) is 2.96. The molecule has 2 aromatic rings. The highest BCUT2D eigenvalue weighted by Crippen LogP contribution is 2.29. The predicted molar refractivity (Wildman–Crippen MR) is 86.0 cm³/mol. The van der Waals surface area contributed by atoms with Gasteiger partial charge in [0.1, 0.15) is 0 Å². The van der Waals surface area contributed by atoms with Crippen LogP contribution in [0.15, 0.2) is 42.5 Å². The van der Waals surface area contributed by atoms with Gasteiger partial charge in [0.2, 0.25) is 5.91 Å². The minimum absolute atomic E-state index is 0.0821. The summed E-state index contributed by atoms with van der Waals surface area (Å²) in [5.41, 5.74) is 6.80. The molecular formula is C18H22N2O. The lowest BCUT2D eigenvalue weighted by molar-refractivity contribution is -0.122. The number of hydrogen-bond donors (Lipinski definition) is 2. The van der Waals surface area contributed by atoms with Gasteiger partial charge in [0, 0.05) is 6.54 Å². The number of carbonyl (C=O) groups excluding carboxylic acids is 1. The zero-order valence-electron chi connectivity index (χ0n) is 12.3. The molecule has 0 aromatic heterocycles. The Labute approximate surface area is 125 Å². The zero-order valence-corrected chi connectivity index (χ0v) is 12.3. The number of fused-ring (bicyclic) bond motifs is 1. The van der Waals surface area contributed by atoms with E-state index >= 15 is 0 Å². The van der Waals surface area contributed by atoms with E-state index in [2.05, 4.69) is 23.5 Å². The van der Waals surface area contributed by atoms with E-state index in [1.54, 1.807) is 0 Å². The lowest BCUT2D eigenvalue weighted by atomic mass is 9.96. The Morgan fingerprint density at radius 1 is 1.10 bits per heavy atom. The Hall–Kier alpha value is -1.87. The zero-order chi connectivity index (χ0) is 14.7. The summed E-state index contributed by atoms with van der Waals surface area (Å²) in [6.07, 6.45) is 4.75. The van der Waals surface area contributed by atoms with Gasteiger partial charge < -0.3 is 11.1 Å². The molecule has 3 heteroatoms. The highest BCUT2D eigenvalue weighted by molar-refractivity contribution is 5.90. The number of carbonyl (C=O) groups is 1. The Bertz CT molecular complexity index is 639. The van der Waals surface area contributed by atoms with Gasteiger partial charge in [-0.05, 0) is 29.2 Å². The summed E-state index contributed by atoms with van der Waals surface area (Å²) in [5.74, 6) is 0.0821. The Balaban J connectivity index is 1.77. The Morgan fingerprint density at radius 2 is 1.81 bits per heavy atom. The summed E-state index contributed by atoms with van der Waals surface area (Å²) in [5, 5.41) is 5.53. The van der Waals surface area contributed by atoms with Crippen molar-refractivity contribution < 1.29 is 4.79 Å². The smallest absolute Gasteiger partial charge is 0.224 e. The quantitative estimate of drug-likeness (QED) is 0.906. The number of benzene rings is 2. The highest BCUT2D eigenvalue weighted by Gasteiger charge is 2.33. The minimum atomic E-state index is -0.165. The van der Waals surface area contributed by atoms with Crippen LogP contribution in [0.2, 0.25) is 0 Å². The van der Waals surface area contributed by atoms with Crippen LogP contribution in [0.1, 0.15) is 31.2 Å². The second kappa shape index (κ2) is 5.86. The molecule has 1 aliphatic rings. The molecular weight excluding hydrogens is 260 g/mol. The molecule has 21 heavy (non-hydrogen) atoms. The monoisotopic (exact) mass is 282 g/mol. The molecule has 3 rings (SSSR count). The largest absolute Gasteiger partial charge is 0.349 e. The third kappa shape index (κ3) is 2.93. The number of rotatable bonds is 4. The molecule has 0 heterocycles. The van der Waals surface area contributed by atoms with Crippen molar-refractivity contribution in [2.75, 3.05) is 6.54 Å². The lowest BCUT2D eigenvalue weighted by Crippen LogP contribution is -2.52. The molecule has 0 saturated heterocycles. The molecule has 0 unspecified atom stereocenters. The number of nitrogens with two attached hydrogens (primary N) is 1. The fourth-order valence-corrected chi connectivity index (χ4v) is 3.39. The van der Waals surface area contributed by atoms with E-state index in [9.17, 15) is 4.79 Å². The molecule has 0 spiro atoms. The number of nitrogens with one attached hydrogen (secondary N) is 1. The molecule has 1 aliphatic carbocycles. The molecule has 2 aromatic carbocycles. The van der Waals surface area contributed by atoms with E-state index < -0.39 is 0 Å². The van der Waals surface area contributed by atoms with Crippen LogP contribution in [0, 0.1) is 0 Å². The molecule has 0 atom stereocenters. The Kier molecular flexibility index (Phi) is 3.93. The molecule has 1 fully saturated rings. The lowest BCUT2D eigenvalue weighted by Gasteiger charge is -2.28. The van der Waals surface area contributed by atoms with Crippen LogP contribution in [0.4, 0.5) is 0 Å². The van der Waals surface area contributed by atoms with Gasteiger partial charge in [-0.3, -0.25) is 4.79 Å². The van der Waals surface area contributed by atoms with Crippen LogP contribution in [-0.4, -0.2) is 18.0 Å². The molecule has 1 amide bonds. The maximum atomic E-state index is 12.4. The van der Waals surface area contributed by atoms with Gasteiger partial charge in [-0.2, -0.15) is 0 Å². The molecule has 0 bridgehead atoms. The van der Waals surface area contributed by atoms with Crippen molar-refractivity contribution in [2.45, 2.75) is 37.6 Å². The molecule has 0 aliphatic heterocycles. The van der Waals surface area contributed by atoms with Gasteiger partial charge in [-0.1, -0.05) is 55.3 Å². The molecule has 1 saturated carbocycles. The van der Waals surface area contributed by atoms with Gasteiger partial charge in [0.05, 0.1) is 12.0 Å². The summed E-state index contributed by atoms with van der Waals surface area (Å²) in [6.45, 7) is 0.536. The summed E-state index contributed by atoms with van der Waals surface area (Å²) >= 11 is 0. The molecule has 110 valence electrons. The number of amides is 1. The van der Waals surface area contributed by atoms with Crippen molar-refractivity contribution in [3.8, 4) is 0 Å². The van der Waals surface area contributed by atoms with E-state index in [-0.39, 0.29) is 11.4 Å². The predicted octanol–water partition coefficient (Wildman–Crippen LogP) is 2.77. The minimum Gasteiger partial charge on any atom is -0.349 e. The third-order valence-corrected chi connectivity index (χ3v) is 4.59. The fraction of sp³-hybridized carbons (Fsp3) is 0.389. The van der Waals surface area contributed by atoms with E-state index in [0.29, 0.717) is 13.0 Å². The van der Waals surface area contributed by atoms with Crippen LogP contribution >= 0.6 is 0 Å². The van der Waals surface area contributed by atoms with Crippen molar-refractivity contribution in [3.05, 3.63) is 48.0 Å². The van der Waals surface area contributed by atoms with E-state index in [1.807, 2.05) is 24.3 Å². The second-order valence-corrected chi connectivity index (χ2v) is 6.05. The van der Waals surface area contributed by atoms with Gasteiger partial charge in [0.15, 0.2) is 0 Å². The van der Waals surface area contributed by atoms with Crippen LogP contribution in [0.25, 0.3) is 10.8 Å². The maximum absolute atomic E-state index is 12.4. The first-order valence-corrected chi connectivity index (χ1v) is 7.70. The summed E-state index contributed by atoms with van der Waals surface area (Å²) in [6, 6.07) is 14.3. The highest BCUT2D eigenvalue weighted by atomic mass is 16.1. The standard InChI is InChI=1S/C18H22N2O/c19-13-18(10-3-4-11-18)20-17(21)12-15-8-5-7-14-6-1-2-9-16(14)15/h1-2,5-9H,3-4,10-13,19H2,(H,20,21). The summed E-state index contributed by atoms with van der Waals surface area (Å²) in [4.78, 5) is 12.4. The molecule has 3 N–H and O–H groups in total. The Morgan fingerprint density at radius 3 is 2.57 bits per heavy atom. The average molecular weight is 282 g/mol. The summed E-state index contributed by atoms with van der Waals surface area (Å²) < 4.78 is 0. The van der Waals surface area contributed by atoms with Gasteiger partial charge in [-0.15, -0.1) is 0 Å². The van der Waals surface area contributed by atoms with Crippen molar-refractivity contribution in [1.29, 1.82) is 0 Å². The van der Waals surface area contributed by atoms with Crippen LogP contribution in [-0.2, 0) is 11.2 Å². The summed E-state index contributed by atoms with van der Waals surface area (Å²) in [7, 11) is 0. The van der Waals surface area contributed by atoms with Crippen LogP contribution in [0.3, 0.4) is 0 Å². The van der Waals surface area contributed by atoms with Crippen LogP contribution < -0.4 is 11.1 Å². The third-order valence-electron chi connectivity index (χ3n) is 4.59. The van der Waals surface area contributed by atoms with Crippen LogP contribution in [0.5, 0.6) is 0 Å². The first kappa shape index (κ1) is 14.1. The molecule has 0 radical (unpaired) electrons. The fourth-order valence-electron chi connectivity index (χ4n) is 3.39. The normalized spacial score (nSPS) is 17.0. The van der Waals surface area contributed by atoms with Crippen molar-refractivity contribution in [3.63, 3.8) is 0 Å². The van der Waals surface area contributed by atoms with E-state index in [4.69, 9.17) is 5.73 Å². The topological polar surface area (TPSA) is 55.1 Å². The van der Waals surface area contributed by atoms with E-state index in [0.717, 1.165) is 36.6 Å². The van der Waals surface area contributed by atoms with Crippen molar-refractivity contribution in [1.82, 2.24) is 5.32 Å². The van der Waals surface area contributed by atoms with Crippen molar-refractivity contribution in [2.24, 2.45) is 5.73 Å². The first-order valence-electron chi connectivity index (χ1n) is 7.70. The first-order chi connectivity index (χ1) is 10.2.